The number of nitrogens with two attached hydrogens (primary N) is 1. The lowest BCUT2D eigenvalue weighted by atomic mass is 10.2. The molecule has 0 amide bonds. The fourth-order valence-electron chi connectivity index (χ4n) is 1.83. The van der Waals surface area contributed by atoms with Crippen molar-refractivity contribution < 1.29 is 17.5 Å². The van der Waals surface area contributed by atoms with Gasteiger partial charge in [0.05, 0.1) is 29.8 Å². The van der Waals surface area contributed by atoms with E-state index >= 15 is 0 Å². The minimum atomic E-state index is -3.15. The van der Waals surface area contributed by atoms with Crippen LogP contribution in [0.3, 0.4) is 0 Å². The second-order valence-corrected chi connectivity index (χ2v) is 6.14. The number of rotatable bonds is 4. The van der Waals surface area contributed by atoms with E-state index in [0.717, 1.165) is 11.5 Å². The van der Waals surface area contributed by atoms with E-state index in [1.807, 2.05) is 0 Å². The Bertz CT molecular complexity index is 614. The molecule has 0 aromatic heterocycles. The SMILES string of the molecule is CCOc1cc(NC2C=CS(=O)(=O)C2)c(N)cc1F. The maximum atomic E-state index is 13.5. The number of anilines is 2. The summed E-state index contributed by atoms with van der Waals surface area (Å²) in [4.78, 5) is 0. The van der Waals surface area contributed by atoms with Gasteiger partial charge in [0, 0.05) is 17.5 Å². The molecule has 0 saturated carbocycles. The van der Waals surface area contributed by atoms with Crippen LogP contribution in [0.2, 0.25) is 0 Å². The first-order chi connectivity index (χ1) is 8.91. The maximum Gasteiger partial charge on any atom is 0.173 e. The van der Waals surface area contributed by atoms with Crippen LogP contribution < -0.4 is 15.8 Å². The summed E-state index contributed by atoms with van der Waals surface area (Å²) in [5, 5.41) is 4.11. The van der Waals surface area contributed by atoms with Gasteiger partial charge in [0.15, 0.2) is 21.4 Å². The molecule has 1 aromatic rings. The van der Waals surface area contributed by atoms with Gasteiger partial charge in [-0.2, -0.15) is 0 Å². The zero-order chi connectivity index (χ0) is 14.0. The number of ether oxygens (including phenoxy) is 1. The van der Waals surface area contributed by atoms with Gasteiger partial charge in [0.2, 0.25) is 0 Å². The van der Waals surface area contributed by atoms with Crippen LogP contribution in [-0.2, 0) is 9.84 Å². The van der Waals surface area contributed by atoms with Crippen molar-refractivity contribution in [1.82, 2.24) is 0 Å². The molecule has 0 aliphatic carbocycles. The van der Waals surface area contributed by atoms with Gasteiger partial charge in [0.25, 0.3) is 0 Å². The highest BCUT2D eigenvalue weighted by Crippen LogP contribution is 2.29. The summed E-state index contributed by atoms with van der Waals surface area (Å²) in [5.41, 5.74) is 6.36. The van der Waals surface area contributed by atoms with Crippen molar-refractivity contribution in [2.45, 2.75) is 13.0 Å². The average Bonchev–Trinajstić information content (AvgIpc) is 2.65. The molecule has 0 spiro atoms. The molecule has 1 aliphatic rings. The van der Waals surface area contributed by atoms with Crippen molar-refractivity contribution in [2.75, 3.05) is 23.4 Å². The van der Waals surface area contributed by atoms with E-state index < -0.39 is 15.7 Å². The molecule has 1 atom stereocenters. The molecular weight excluding hydrogens is 271 g/mol. The molecule has 0 fully saturated rings. The Morgan fingerprint density at radius 2 is 2.26 bits per heavy atom. The van der Waals surface area contributed by atoms with Crippen molar-refractivity contribution in [3.63, 3.8) is 0 Å². The molecule has 0 radical (unpaired) electrons. The lowest BCUT2D eigenvalue weighted by Gasteiger charge is -2.15. The van der Waals surface area contributed by atoms with Gasteiger partial charge in [-0.05, 0) is 6.92 Å². The summed E-state index contributed by atoms with van der Waals surface area (Å²) in [6.07, 6.45) is 1.54. The molecule has 0 bridgehead atoms. The molecule has 19 heavy (non-hydrogen) atoms. The van der Waals surface area contributed by atoms with E-state index in [1.165, 1.54) is 6.07 Å². The first-order valence-corrected chi connectivity index (χ1v) is 7.52. The molecule has 1 aromatic carbocycles. The van der Waals surface area contributed by atoms with Crippen LogP contribution in [0.15, 0.2) is 23.6 Å². The maximum absolute atomic E-state index is 13.5. The molecule has 0 saturated heterocycles. The van der Waals surface area contributed by atoms with Crippen molar-refractivity contribution in [3.05, 3.63) is 29.4 Å². The molecule has 3 N–H and O–H groups in total. The Morgan fingerprint density at radius 3 is 2.84 bits per heavy atom. The van der Waals surface area contributed by atoms with Crippen LogP contribution in [0.5, 0.6) is 5.75 Å². The van der Waals surface area contributed by atoms with Gasteiger partial charge in [-0.15, -0.1) is 0 Å². The summed E-state index contributed by atoms with van der Waals surface area (Å²) < 4.78 is 41.2. The van der Waals surface area contributed by atoms with Gasteiger partial charge in [0.1, 0.15) is 0 Å². The average molecular weight is 286 g/mol. The van der Waals surface area contributed by atoms with Crippen molar-refractivity contribution in [1.29, 1.82) is 0 Å². The van der Waals surface area contributed by atoms with Crippen molar-refractivity contribution in [3.8, 4) is 5.75 Å². The van der Waals surface area contributed by atoms with E-state index in [-0.39, 0.29) is 23.2 Å². The zero-order valence-electron chi connectivity index (χ0n) is 10.4. The highest BCUT2D eigenvalue weighted by atomic mass is 32.2. The Kier molecular flexibility index (Phi) is 3.66. The van der Waals surface area contributed by atoms with Crippen LogP contribution in [0.4, 0.5) is 15.8 Å². The number of halogens is 1. The summed E-state index contributed by atoms with van der Waals surface area (Å²) in [5.74, 6) is -0.489. The summed E-state index contributed by atoms with van der Waals surface area (Å²) in [7, 11) is -3.15. The third kappa shape index (κ3) is 3.17. The van der Waals surface area contributed by atoms with Crippen LogP contribution in [0.25, 0.3) is 0 Å². The van der Waals surface area contributed by atoms with Gasteiger partial charge in [-0.3, -0.25) is 0 Å². The Labute approximate surface area is 111 Å². The van der Waals surface area contributed by atoms with Gasteiger partial charge in [-0.25, -0.2) is 12.8 Å². The molecule has 1 unspecified atom stereocenters. The van der Waals surface area contributed by atoms with Gasteiger partial charge < -0.3 is 15.8 Å². The van der Waals surface area contributed by atoms with Crippen LogP contribution in [-0.4, -0.2) is 26.8 Å². The topological polar surface area (TPSA) is 81.4 Å². The number of benzene rings is 1. The minimum Gasteiger partial charge on any atom is -0.491 e. The van der Waals surface area contributed by atoms with Crippen LogP contribution in [0.1, 0.15) is 6.92 Å². The standard InChI is InChI=1S/C12H15FN2O3S/c1-2-18-12-6-11(10(14)5-9(12)13)15-8-3-4-19(16,17)7-8/h3-6,8,15H,2,7,14H2,1H3. The second-order valence-electron chi connectivity index (χ2n) is 4.21. The van der Waals surface area contributed by atoms with E-state index in [1.54, 1.807) is 13.0 Å². The normalized spacial score (nSPS) is 20.4. The fourth-order valence-corrected chi connectivity index (χ4v) is 3.06. The molecule has 7 heteroatoms. The monoisotopic (exact) mass is 286 g/mol. The third-order valence-corrected chi connectivity index (χ3v) is 4.07. The predicted molar refractivity (Wildman–Crippen MR) is 72.3 cm³/mol. The van der Waals surface area contributed by atoms with Gasteiger partial charge in [-0.1, -0.05) is 6.08 Å². The number of nitrogens with one attached hydrogen (secondary N) is 1. The Balaban J connectivity index is 2.21. The predicted octanol–water partition coefficient (Wildman–Crippen LogP) is 1.53. The first kappa shape index (κ1) is 13.7. The van der Waals surface area contributed by atoms with E-state index in [2.05, 4.69) is 5.32 Å². The molecule has 1 aliphatic heterocycles. The minimum absolute atomic E-state index is 0.0339. The lowest BCUT2D eigenvalue weighted by molar-refractivity contribution is 0.322. The van der Waals surface area contributed by atoms with E-state index in [0.29, 0.717) is 12.3 Å². The third-order valence-electron chi connectivity index (χ3n) is 2.67. The fraction of sp³-hybridized carbons (Fsp3) is 0.333. The van der Waals surface area contributed by atoms with Crippen molar-refractivity contribution >= 4 is 21.2 Å². The zero-order valence-corrected chi connectivity index (χ0v) is 11.2. The smallest absolute Gasteiger partial charge is 0.173 e. The number of hydrogen-bond donors (Lipinski definition) is 2. The highest BCUT2D eigenvalue weighted by Gasteiger charge is 2.22. The Morgan fingerprint density at radius 1 is 1.53 bits per heavy atom. The van der Waals surface area contributed by atoms with E-state index in [4.69, 9.17) is 10.5 Å². The molecular formula is C12H15FN2O3S. The molecule has 2 rings (SSSR count). The van der Waals surface area contributed by atoms with Crippen LogP contribution in [0, 0.1) is 5.82 Å². The molecule has 104 valence electrons. The quantitative estimate of drug-likeness (QED) is 0.820. The number of hydrogen-bond acceptors (Lipinski definition) is 5. The summed E-state index contributed by atoms with van der Waals surface area (Å²) in [6.45, 7) is 2.08. The largest absolute Gasteiger partial charge is 0.491 e. The summed E-state index contributed by atoms with van der Waals surface area (Å²) in [6, 6.07) is 2.22. The highest BCUT2D eigenvalue weighted by molar-refractivity contribution is 7.94. The first-order valence-electron chi connectivity index (χ1n) is 5.80. The number of sulfone groups is 1. The van der Waals surface area contributed by atoms with Gasteiger partial charge >= 0.3 is 0 Å². The van der Waals surface area contributed by atoms with Crippen LogP contribution >= 0.6 is 0 Å². The summed E-state index contributed by atoms with van der Waals surface area (Å²) >= 11 is 0. The van der Waals surface area contributed by atoms with Crippen molar-refractivity contribution in [2.24, 2.45) is 0 Å². The Hall–Kier alpha value is -1.76. The number of nitrogen functional groups attached to an aromatic ring is 1. The molecule has 1 heterocycles. The molecule has 5 nitrogen and oxygen atoms in total. The lowest BCUT2D eigenvalue weighted by Crippen LogP contribution is -2.21. The second kappa shape index (κ2) is 5.08. The van der Waals surface area contributed by atoms with E-state index in [9.17, 15) is 12.8 Å².